The molecule has 0 bridgehead atoms. The van der Waals surface area contributed by atoms with Crippen LogP contribution in [0.3, 0.4) is 0 Å². The quantitative estimate of drug-likeness (QED) is 0.766. The molecule has 1 aliphatic rings. The van der Waals surface area contributed by atoms with E-state index in [0.29, 0.717) is 6.54 Å². The summed E-state index contributed by atoms with van der Waals surface area (Å²) in [4.78, 5) is 7.06. The molecule has 1 N–H and O–H groups in total. The van der Waals surface area contributed by atoms with Crippen LogP contribution in [-0.4, -0.2) is 45.4 Å². The molecule has 5 nitrogen and oxygen atoms in total. The molecule has 0 aromatic heterocycles. The minimum absolute atomic E-state index is 0.259. The summed E-state index contributed by atoms with van der Waals surface area (Å²) in [6, 6.07) is 5.90. The third kappa shape index (κ3) is 3.13. The molecule has 0 saturated carbocycles. The van der Waals surface area contributed by atoms with Gasteiger partial charge in [0.05, 0.1) is 14.2 Å². The SMILES string of the molecule is CONCc1ccc(OC)c(OC2CN(C)C2)c1. The fourth-order valence-electron chi connectivity index (χ4n) is 1.97. The van der Waals surface area contributed by atoms with Crippen LogP contribution in [0.15, 0.2) is 18.2 Å². The highest BCUT2D eigenvalue weighted by atomic mass is 16.6. The van der Waals surface area contributed by atoms with E-state index in [-0.39, 0.29) is 6.10 Å². The van der Waals surface area contributed by atoms with E-state index in [0.717, 1.165) is 30.2 Å². The average molecular weight is 252 g/mol. The number of likely N-dealkylation sites (N-methyl/N-ethyl adjacent to an activating group) is 1. The van der Waals surface area contributed by atoms with Gasteiger partial charge in [0.15, 0.2) is 11.5 Å². The Balaban J connectivity index is 2.04. The summed E-state index contributed by atoms with van der Waals surface area (Å²) in [6.07, 6.45) is 0.259. The highest BCUT2D eigenvalue weighted by Gasteiger charge is 2.25. The first-order chi connectivity index (χ1) is 8.72. The summed E-state index contributed by atoms with van der Waals surface area (Å²) in [5.41, 5.74) is 3.91. The summed E-state index contributed by atoms with van der Waals surface area (Å²) in [5, 5.41) is 0. The highest BCUT2D eigenvalue weighted by Crippen LogP contribution is 2.30. The van der Waals surface area contributed by atoms with Gasteiger partial charge in [-0.15, -0.1) is 0 Å². The Morgan fingerprint density at radius 2 is 2.06 bits per heavy atom. The van der Waals surface area contributed by atoms with E-state index in [2.05, 4.69) is 17.4 Å². The molecule has 1 aromatic rings. The number of hydroxylamine groups is 1. The van der Waals surface area contributed by atoms with Crippen molar-refractivity contribution >= 4 is 0 Å². The fourth-order valence-corrected chi connectivity index (χ4v) is 1.97. The van der Waals surface area contributed by atoms with Crippen LogP contribution in [0.4, 0.5) is 0 Å². The maximum atomic E-state index is 5.93. The number of hydrogen-bond donors (Lipinski definition) is 1. The fraction of sp³-hybridized carbons (Fsp3) is 0.538. The zero-order valence-corrected chi connectivity index (χ0v) is 11.1. The molecule has 1 fully saturated rings. The Bertz CT molecular complexity index is 392. The number of rotatable bonds is 6. The van der Waals surface area contributed by atoms with Crippen molar-refractivity contribution in [3.05, 3.63) is 23.8 Å². The average Bonchev–Trinajstić information content (AvgIpc) is 2.35. The number of likely N-dealkylation sites (tertiary alicyclic amines) is 1. The summed E-state index contributed by atoms with van der Waals surface area (Å²) in [7, 11) is 5.34. The molecular formula is C13H20N2O3. The van der Waals surface area contributed by atoms with Gasteiger partial charge in [0, 0.05) is 19.6 Å². The second-order valence-corrected chi connectivity index (χ2v) is 4.47. The topological polar surface area (TPSA) is 43.0 Å². The van der Waals surface area contributed by atoms with Crippen LogP contribution in [0.1, 0.15) is 5.56 Å². The number of nitrogens with zero attached hydrogens (tertiary/aromatic N) is 1. The largest absolute Gasteiger partial charge is 0.493 e. The predicted octanol–water partition coefficient (Wildman–Crippen LogP) is 1.04. The number of benzene rings is 1. The van der Waals surface area contributed by atoms with Crippen LogP contribution < -0.4 is 15.0 Å². The lowest BCUT2D eigenvalue weighted by molar-refractivity contribution is 0.0368. The standard InChI is InChI=1S/C13H20N2O3/c1-15-8-11(9-15)18-13-6-10(7-14-17-3)4-5-12(13)16-2/h4-6,11,14H,7-9H2,1-3H3. The normalized spacial score (nSPS) is 16.4. The minimum Gasteiger partial charge on any atom is -0.493 e. The van der Waals surface area contributed by atoms with Gasteiger partial charge in [-0.25, -0.2) is 0 Å². The zero-order chi connectivity index (χ0) is 13.0. The van der Waals surface area contributed by atoms with Crippen molar-refractivity contribution in [1.29, 1.82) is 0 Å². The molecule has 0 atom stereocenters. The van der Waals surface area contributed by atoms with Crippen molar-refractivity contribution in [2.24, 2.45) is 0 Å². The molecule has 1 aliphatic heterocycles. The zero-order valence-electron chi connectivity index (χ0n) is 11.1. The molecule has 0 unspecified atom stereocenters. The van der Waals surface area contributed by atoms with Crippen molar-refractivity contribution in [1.82, 2.24) is 10.4 Å². The number of methoxy groups -OCH3 is 1. The molecule has 0 amide bonds. The van der Waals surface area contributed by atoms with E-state index < -0.39 is 0 Å². The molecule has 1 heterocycles. The van der Waals surface area contributed by atoms with Gasteiger partial charge in [-0.2, -0.15) is 5.48 Å². The first-order valence-electron chi connectivity index (χ1n) is 6.01. The second-order valence-electron chi connectivity index (χ2n) is 4.47. The highest BCUT2D eigenvalue weighted by molar-refractivity contribution is 5.43. The van der Waals surface area contributed by atoms with Gasteiger partial charge in [-0.3, -0.25) is 4.90 Å². The van der Waals surface area contributed by atoms with Gasteiger partial charge >= 0.3 is 0 Å². The third-order valence-electron chi connectivity index (χ3n) is 2.97. The monoisotopic (exact) mass is 252 g/mol. The molecule has 1 saturated heterocycles. The van der Waals surface area contributed by atoms with Crippen LogP contribution in [-0.2, 0) is 11.4 Å². The molecule has 1 aromatic carbocycles. The second kappa shape index (κ2) is 6.04. The van der Waals surface area contributed by atoms with Gasteiger partial charge in [-0.05, 0) is 24.7 Å². The van der Waals surface area contributed by atoms with Crippen LogP contribution in [0, 0.1) is 0 Å². The van der Waals surface area contributed by atoms with Gasteiger partial charge in [-0.1, -0.05) is 6.07 Å². The lowest BCUT2D eigenvalue weighted by atomic mass is 10.1. The lowest BCUT2D eigenvalue weighted by Crippen LogP contribution is -2.51. The van der Waals surface area contributed by atoms with Gasteiger partial charge in [0.1, 0.15) is 6.10 Å². The van der Waals surface area contributed by atoms with Gasteiger partial charge < -0.3 is 14.3 Å². The minimum atomic E-state index is 0.259. The maximum absolute atomic E-state index is 5.93. The number of ether oxygens (including phenoxy) is 2. The summed E-state index contributed by atoms with van der Waals surface area (Å²) in [5.74, 6) is 1.57. The van der Waals surface area contributed by atoms with E-state index >= 15 is 0 Å². The smallest absolute Gasteiger partial charge is 0.162 e. The van der Waals surface area contributed by atoms with Crippen molar-refractivity contribution in [2.45, 2.75) is 12.6 Å². The molecule has 0 radical (unpaired) electrons. The molecule has 18 heavy (non-hydrogen) atoms. The summed E-state index contributed by atoms with van der Waals surface area (Å²) < 4.78 is 11.2. The lowest BCUT2D eigenvalue weighted by Gasteiger charge is -2.36. The van der Waals surface area contributed by atoms with Gasteiger partial charge in [0.25, 0.3) is 0 Å². The third-order valence-corrected chi connectivity index (χ3v) is 2.97. The summed E-state index contributed by atoms with van der Waals surface area (Å²) >= 11 is 0. The maximum Gasteiger partial charge on any atom is 0.162 e. The Labute approximate surface area is 108 Å². The van der Waals surface area contributed by atoms with Crippen molar-refractivity contribution in [3.8, 4) is 11.5 Å². The molecule has 2 rings (SSSR count). The Kier molecular flexibility index (Phi) is 4.41. The Morgan fingerprint density at radius 3 is 2.67 bits per heavy atom. The van der Waals surface area contributed by atoms with Crippen LogP contribution in [0.5, 0.6) is 11.5 Å². The molecule has 5 heteroatoms. The van der Waals surface area contributed by atoms with Crippen LogP contribution in [0.2, 0.25) is 0 Å². The van der Waals surface area contributed by atoms with Crippen LogP contribution >= 0.6 is 0 Å². The van der Waals surface area contributed by atoms with Crippen LogP contribution in [0.25, 0.3) is 0 Å². The molecular weight excluding hydrogens is 232 g/mol. The van der Waals surface area contributed by atoms with Gasteiger partial charge in [0.2, 0.25) is 0 Å². The van der Waals surface area contributed by atoms with Crippen molar-refractivity contribution < 1.29 is 14.3 Å². The first kappa shape index (κ1) is 13.1. The van der Waals surface area contributed by atoms with E-state index in [1.807, 2.05) is 18.2 Å². The first-order valence-corrected chi connectivity index (χ1v) is 6.01. The Hall–Kier alpha value is -1.30. The molecule has 100 valence electrons. The molecule has 0 aliphatic carbocycles. The number of nitrogens with one attached hydrogen (secondary N) is 1. The van der Waals surface area contributed by atoms with E-state index in [4.69, 9.17) is 14.3 Å². The summed E-state index contributed by atoms with van der Waals surface area (Å²) in [6.45, 7) is 2.56. The molecule has 0 spiro atoms. The van der Waals surface area contributed by atoms with Crippen molar-refractivity contribution in [2.75, 3.05) is 34.4 Å². The van der Waals surface area contributed by atoms with E-state index in [1.165, 1.54) is 0 Å². The van der Waals surface area contributed by atoms with E-state index in [9.17, 15) is 0 Å². The van der Waals surface area contributed by atoms with E-state index in [1.54, 1.807) is 14.2 Å². The number of hydrogen-bond acceptors (Lipinski definition) is 5. The van der Waals surface area contributed by atoms with Crippen molar-refractivity contribution in [3.63, 3.8) is 0 Å². The predicted molar refractivity (Wildman–Crippen MR) is 68.8 cm³/mol. The Morgan fingerprint density at radius 1 is 1.28 bits per heavy atom.